The summed E-state index contributed by atoms with van der Waals surface area (Å²) in [6, 6.07) is 16.8. The molecule has 5 nitrogen and oxygen atoms in total. The number of nitrogens with zero attached hydrogens (tertiary/aromatic N) is 3. The minimum absolute atomic E-state index is 0.01000. The van der Waals surface area contributed by atoms with Crippen molar-refractivity contribution in [3.05, 3.63) is 82.8 Å². The average molecular weight is 445 g/mol. The quantitative estimate of drug-likeness (QED) is 0.619. The van der Waals surface area contributed by atoms with Gasteiger partial charge in [0.1, 0.15) is 5.82 Å². The van der Waals surface area contributed by atoms with Crippen LogP contribution in [0.1, 0.15) is 48.2 Å². The molecule has 1 fully saturated rings. The van der Waals surface area contributed by atoms with Crippen molar-refractivity contribution in [2.45, 2.75) is 45.3 Å². The third-order valence-corrected chi connectivity index (χ3v) is 6.94. The van der Waals surface area contributed by atoms with E-state index in [-0.39, 0.29) is 18.1 Å². The number of carbonyl (C=O) groups excluding carboxylic acids is 1. The molecule has 2 aliphatic rings. The van der Waals surface area contributed by atoms with E-state index in [2.05, 4.69) is 35.0 Å². The maximum Gasteiger partial charge on any atom is 0.229 e. The van der Waals surface area contributed by atoms with Crippen LogP contribution in [0.15, 0.2) is 54.6 Å². The smallest absolute Gasteiger partial charge is 0.229 e. The summed E-state index contributed by atoms with van der Waals surface area (Å²) in [5.74, 6) is -0.285. The van der Waals surface area contributed by atoms with E-state index < -0.39 is 0 Å². The van der Waals surface area contributed by atoms with E-state index in [0.717, 1.165) is 18.7 Å². The molecule has 2 aliphatic heterocycles. The van der Waals surface area contributed by atoms with Gasteiger partial charge in [-0.2, -0.15) is 0 Å². The second-order valence-corrected chi connectivity index (χ2v) is 9.11. The molecule has 0 aliphatic carbocycles. The summed E-state index contributed by atoms with van der Waals surface area (Å²) in [6.07, 6.45) is 2.69. The van der Waals surface area contributed by atoms with E-state index in [1.54, 1.807) is 24.3 Å². The number of halogens is 1. The number of anilines is 1. The van der Waals surface area contributed by atoms with Crippen molar-refractivity contribution in [2.24, 2.45) is 0 Å². The van der Waals surface area contributed by atoms with Gasteiger partial charge in [-0.05, 0) is 85.9 Å². The number of carbonyl (C=O) groups is 1. The van der Waals surface area contributed by atoms with Gasteiger partial charge in [-0.15, -0.1) is 0 Å². The predicted molar refractivity (Wildman–Crippen MR) is 128 cm³/mol. The van der Waals surface area contributed by atoms with Gasteiger partial charge in [0.15, 0.2) is 0 Å². The number of nitrogen functional groups attached to an aromatic ring is 1. The molecule has 0 bridgehead atoms. The van der Waals surface area contributed by atoms with Crippen molar-refractivity contribution < 1.29 is 9.18 Å². The Morgan fingerprint density at radius 3 is 2.52 bits per heavy atom. The minimum atomic E-state index is -0.295. The predicted octanol–water partition coefficient (Wildman–Crippen LogP) is 4.71. The molecule has 0 spiro atoms. The van der Waals surface area contributed by atoms with Gasteiger partial charge in [0, 0.05) is 24.7 Å². The highest BCUT2D eigenvalue weighted by molar-refractivity contribution is 5.81. The van der Waals surface area contributed by atoms with Crippen LogP contribution in [0.5, 0.6) is 0 Å². The molecule has 2 aromatic carbocycles. The molecule has 1 amide bonds. The first kappa shape index (κ1) is 21.6. The number of rotatable bonds is 5. The Bertz CT molecular complexity index is 1170. The molecule has 33 heavy (non-hydrogen) atoms. The molecule has 1 aromatic heterocycles. The Kier molecular flexibility index (Phi) is 5.85. The molecule has 3 aromatic rings. The van der Waals surface area contributed by atoms with E-state index in [1.165, 1.54) is 41.7 Å². The van der Waals surface area contributed by atoms with Crippen LogP contribution >= 0.6 is 0 Å². The number of likely N-dealkylation sites (tertiary alicyclic amines) is 1. The Labute approximate surface area is 194 Å². The Morgan fingerprint density at radius 1 is 1.03 bits per heavy atom. The second kappa shape index (κ2) is 8.94. The number of pyridine rings is 1. The zero-order valence-corrected chi connectivity index (χ0v) is 18.9. The molecule has 2 N–H and O–H groups in total. The third kappa shape index (κ3) is 4.48. The Balaban J connectivity index is 1.29. The molecular formula is C27H29FN4O. The lowest BCUT2D eigenvalue weighted by Gasteiger charge is -2.24. The van der Waals surface area contributed by atoms with E-state index in [0.29, 0.717) is 36.2 Å². The summed E-state index contributed by atoms with van der Waals surface area (Å²) in [4.78, 5) is 22.1. The van der Waals surface area contributed by atoms with Crippen molar-refractivity contribution in [2.75, 3.05) is 18.8 Å². The number of hydrogen-bond donors (Lipinski definition) is 1. The van der Waals surface area contributed by atoms with Gasteiger partial charge < -0.3 is 10.6 Å². The number of nitrogens with two attached hydrogens (primary N) is 1. The van der Waals surface area contributed by atoms with Gasteiger partial charge >= 0.3 is 0 Å². The van der Waals surface area contributed by atoms with Crippen LogP contribution in [-0.2, 0) is 24.3 Å². The van der Waals surface area contributed by atoms with Gasteiger partial charge in [0.2, 0.25) is 5.91 Å². The van der Waals surface area contributed by atoms with E-state index in [4.69, 9.17) is 5.73 Å². The topological polar surface area (TPSA) is 62.5 Å². The molecule has 6 heteroatoms. The lowest BCUT2D eigenvalue weighted by atomic mass is 10.0. The zero-order chi connectivity index (χ0) is 22.9. The molecule has 1 saturated heterocycles. The molecule has 3 heterocycles. The number of fused-ring (bicyclic) bond motifs is 1. The van der Waals surface area contributed by atoms with Gasteiger partial charge in [0.25, 0.3) is 0 Å². The lowest BCUT2D eigenvalue weighted by molar-refractivity contribution is -0.131. The van der Waals surface area contributed by atoms with Crippen LogP contribution in [0, 0.1) is 5.82 Å². The van der Waals surface area contributed by atoms with E-state index in [1.807, 2.05) is 4.90 Å². The fourth-order valence-electron chi connectivity index (χ4n) is 4.88. The van der Waals surface area contributed by atoms with Crippen molar-refractivity contribution in [1.29, 1.82) is 0 Å². The molecule has 5 rings (SSSR count). The lowest BCUT2D eigenvalue weighted by Crippen LogP contribution is -2.27. The summed E-state index contributed by atoms with van der Waals surface area (Å²) >= 11 is 0. The Hall–Kier alpha value is -3.25. The van der Waals surface area contributed by atoms with E-state index >= 15 is 0 Å². The van der Waals surface area contributed by atoms with Crippen molar-refractivity contribution in [3.8, 4) is 11.3 Å². The largest absolute Gasteiger partial charge is 0.397 e. The van der Waals surface area contributed by atoms with Gasteiger partial charge in [-0.25, -0.2) is 4.39 Å². The maximum atomic E-state index is 13.3. The normalized spacial score (nSPS) is 16.7. The first-order valence-corrected chi connectivity index (χ1v) is 11.6. The third-order valence-electron chi connectivity index (χ3n) is 6.94. The van der Waals surface area contributed by atoms with Crippen molar-refractivity contribution >= 4 is 11.6 Å². The van der Waals surface area contributed by atoms with Crippen molar-refractivity contribution in [3.63, 3.8) is 0 Å². The summed E-state index contributed by atoms with van der Waals surface area (Å²) in [5, 5.41) is 0. The molecule has 170 valence electrons. The molecule has 1 unspecified atom stereocenters. The highest BCUT2D eigenvalue weighted by Crippen LogP contribution is 2.30. The van der Waals surface area contributed by atoms with Crippen LogP contribution in [0.3, 0.4) is 0 Å². The number of hydrogen-bond acceptors (Lipinski definition) is 4. The molecule has 0 radical (unpaired) electrons. The van der Waals surface area contributed by atoms with Crippen LogP contribution in [0.4, 0.5) is 10.1 Å². The van der Waals surface area contributed by atoms with Crippen LogP contribution in [0.25, 0.3) is 11.3 Å². The van der Waals surface area contributed by atoms with Gasteiger partial charge in [0.05, 0.1) is 23.5 Å². The van der Waals surface area contributed by atoms with Gasteiger partial charge in [-0.3, -0.25) is 14.7 Å². The number of aromatic nitrogens is 1. The summed E-state index contributed by atoms with van der Waals surface area (Å²) in [7, 11) is 0. The number of amides is 1. The van der Waals surface area contributed by atoms with Crippen LogP contribution < -0.4 is 5.73 Å². The summed E-state index contributed by atoms with van der Waals surface area (Å²) in [6.45, 7) is 5.83. The van der Waals surface area contributed by atoms with E-state index in [9.17, 15) is 9.18 Å². The minimum Gasteiger partial charge on any atom is -0.397 e. The zero-order valence-electron chi connectivity index (χ0n) is 18.9. The summed E-state index contributed by atoms with van der Waals surface area (Å²) in [5.41, 5.74) is 12.4. The van der Waals surface area contributed by atoms with Crippen molar-refractivity contribution in [1.82, 2.24) is 14.8 Å². The Morgan fingerprint density at radius 2 is 1.76 bits per heavy atom. The standard InChI is InChI=1S/C27H29FN4O/c1-18(31-12-2-3-13-31)20-4-5-21-16-32(17-22(21)14-20)27(33)15-26-24(29)10-11-25(30-26)19-6-8-23(28)9-7-19/h4-11,14,18H,2-3,12-13,15-17,29H2,1H3. The monoisotopic (exact) mass is 444 g/mol. The fraction of sp³-hybridized carbons (Fsp3) is 0.333. The van der Waals surface area contributed by atoms with Gasteiger partial charge in [-0.1, -0.05) is 18.2 Å². The molecule has 0 saturated carbocycles. The first-order chi connectivity index (χ1) is 16.0. The molecule has 1 atom stereocenters. The highest BCUT2D eigenvalue weighted by atomic mass is 19.1. The first-order valence-electron chi connectivity index (χ1n) is 11.6. The maximum absolute atomic E-state index is 13.3. The highest BCUT2D eigenvalue weighted by Gasteiger charge is 2.26. The summed E-state index contributed by atoms with van der Waals surface area (Å²) < 4.78 is 13.3. The number of benzene rings is 2. The van der Waals surface area contributed by atoms with Crippen LogP contribution in [-0.4, -0.2) is 33.8 Å². The second-order valence-electron chi connectivity index (χ2n) is 9.11. The molecular weight excluding hydrogens is 415 g/mol. The average Bonchev–Trinajstić information content (AvgIpc) is 3.50. The van der Waals surface area contributed by atoms with Crippen LogP contribution in [0.2, 0.25) is 0 Å². The SMILES string of the molecule is CC(c1ccc2c(c1)CN(C(=O)Cc1nc(-c3ccc(F)cc3)ccc1N)C2)N1CCCC1. The fourth-order valence-corrected chi connectivity index (χ4v) is 4.88.